The molecule has 0 spiro atoms. The van der Waals surface area contributed by atoms with Crippen molar-refractivity contribution in [2.75, 3.05) is 13.2 Å². The first kappa shape index (κ1) is 19.9. The molecule has 1 unspecified atom stereocenters. The number of benzene rings is 3. The Morgan fingerprint density at radius 3 is 2.50 bits per heavy atom. The zero-order valence-electron chi connectivity index (χ0n) is 16.6. The van der Waals surface area contributed by atoms with E-state index >= 15 is 0 Å². The van der Waals surface area contributed by atoms with Gasteiger partial charge in [-0.2, -0.15) is 0 Å². The van der Waals surface area contributed by atoms with Crippen LogP contribution in [0.1, 0.15) is 26.3 Å². The fraction of sp³-hybridized carbons (Fsp3) is 0.292. The van der Waals surface area contributed by atoms with E-state index in [4.69, 9.17) is 9.47 Å². The third-order valence-corrected chi connectivity index (χ3v) is 4.67. The monoisotopic (exact) mass is 378 g/mol. The molecule has 0 heterocycles. The van der Waals surface area contributed by atoms with Gasteiger partial charge in [0.1, 0.15) is 25.1 Å². The highest BCUT2D eigenvalue weighted by Gasteiger charge is 2.20. The van der Waals surface area contributed by atoms with Gasteiger partial charge in [-0.1, -0.05) is 69.8 Å². The van der Waals surface area contributed by atoms with Crippen LogP contribution in [0.2, 0.25) is 0 Å². The van der Waals surface area contributed by atoms with E-state index in [9.17, 15) is 9.90 Å². The van der Waals surface area contributed by atoms with E-state index in [-0.39, 0.29) is 18.6 Å². The van der Waals surface area contributed by atoms with Crippen molar-refractivity contribution in [3.63, 3.8) is 0 Å². The summed E-state index contributed by atoms with van der Waals surface area (Å²) in [5, 5.41) is 14.3. The number of ether oxygens (including phenoxy) is 2. The summed E-state index contributed by atoms with van der Waals surface area (Å²) < 4.78 is 11.0. The van der Waals surface area contributed by atoms with Crippen molar-refractivity contribution in [2.45, 2.75) is 32.3 Å². The van der Waals surface area contributed by atoms with Gasteiger partial charge in [0.15, 0.2) is 0 Å². The van der Waals surface area contributed by atoms with Crippen LogP contribution in [-0.4, -0.2) is 30.4 Å². The van der Waals surface area contributed by atoms with Crippen LogP contribution in [0, 0.1) is 0 Å². The third-order valence-electron chi connectivity index (χ3n) is 4.67. The highest BCUT2D eigenvalue weighted by molar-refractivity contribution is 6.06. The number of aliphatic hydroxyl groups excluding tert-OH is 1. The molecule has 0 aliphatic carbocycles. The first-order valence-corrected chi connectivity index (χ1v) is 9.36. The second-order valence-electron chi connectivity index (χ2n) is 7.88. The Morgan fingerprint density at radius 2 is 1.79 bits per heavy atom. The molecule has 0 radical (unpaired) electrons. The van der Waals surface area contributed by atoms with Gasteiger partial charge in [0.25, 0.3) is 0 Å². The van der Waals surface area contributed by atoms with Crippen LogP contribution in [0.15, 0.2) is 61.2 Å². The van der Waals surface area contributed by atoms with Gasteiger partial charge in [-0.25, -0.2) is 4.79 Å². The highest BCUT2D eigenvalue weighted by atomic mass is 16.5. The van der Waals surface area contributed by atoms with E-state index in [0.717, 1.165) is 33.4 Å². The smallest absolute Gasteiger partial charge is 0.330 e. The minimum Gasteiger partial charge on any atom is -0.489 e. The van der Waals surface area contributed by atoms with Gasteiger partial charge in [0.2, 0.25) is 0 Å². The summed E-state index contributed by atoms with van der Waals surface area (Å²) in [4.78, 5) is 11.2. The molecule has 1 N–H and O–H groups in total. The van der Waals surface area contributed by atoms with Crippen LogP contribution >= 0.6 is 0 Å². The summed E-state index contributed by atoms with van der Waals surface area (Å²) in [6, 6.07) is 16.5. The highest BCUT2D eigenvalue weighted by Crippen LogP contribution is 2.39. The molecule has 1 atom stereocenters. The van der Waals surface area contributed by atoms with Crippen molar-refractivity contribution >= 4 is 27.5 Å². The Bertz CT molecular complexity index is 1010. The van der Waals surface area contributed by atoms with Gasteiger partial charge in [-0.15, -0.1) is 0 Å². The van der Waals surface area contributed by atoms with E-state index in [1.54, 1.807) is 0 Å². The minimum absolute atomic E-state index is 0.0162. The van der Waals surface area contributed by atoms with Gasteiger partial charge in [0, 0.05) is 16.8 Å². The molecular formula is C24H26O4. The molecule has 0 saturated carbocycles. The van der Waals surface area contributed by atoms with Crippen LogP contribution in [0.25, 0.3) is 21.5 Å². The summed E-state index contributed by atoms with van der Waals surface area (Å²) in [6.07, 6.45) is 0.142. The molecule has 4 nitrogen and oxygen atoms in total. The van der Waals surface area contributed by atoms with Gasteiger partial charge in [-0.3, -0.25) is 0 Å². The van der Waals surface area contributed by atoms with Crippen LogP contribution in [0.4, 0.5) is 0 Å². The molecular weight excluding hydrogens is 352 g/mol. The lowest BCUT2D eigenvalue weighted by Gasteiger charge is -2.23. The number of hydrogen-bond acceptors (Lipinski definition) is 4. The summed E-state index contributed by atoms with van der Waals surface area (Å²) in [5.41, 5.74) is 1.22. The normalized spacial score (nSPS) is 12.7. The maximum atomic E-state index is 11.2. The van der Waals surface area contributed by atoms with Crippen molar-refractivity contribution in [2.24, 2.45) is 0 Å². The van der Waals surface area contributed by atoms with E-state index in [2.05, 4.69) is 45.5 Å². The van der Waals surface area contributed by atoms with Gasteiger partial charge >= 0.3 is 5.97 Å². The molecule has 3 aromatic rings. The Hall–Kier alpha value is -2.85. The quantitative estimate of drug-likeness (QED) is 0.382. The van der Waals surface area contributed by atoms with E-state index in [0.29, 0.717) is 0 Å². The van der Waals surface area contributed by atoms with Crippen LogP contribution in [-0.2, 0) is 14.9 Å². The average molecular weight is 378 g/mol. The molecule has 4 heteroatoms. The van der Waals surface area contributed by atoms with E-state index in [1.807, 2.05) is 30.3 Å². The maximum absolute atomic E-state index is 11.2. The Kier molecular flexibility index (Phi) is 5.71. The summed E-state index contributed by atoms with van der Waals surface area (Å²) in [6.45, 7) is 9.79. The first-order valence-electron chi connectivity index (χ1n) is 9.36. The number of carbonyl (C=O) groups is 1. The summed E-state index contributed by atoms with van der Waals surface area (Å²) >= 11 is 0. The summed E-state index contributed by atoms with van der Waals surface area (Å²) in [5.74, 6) is 0.165. The molecule has 0 fully saturated rings. The molecule has 3 aromatic carbocycles. The van der Waals surface area contributed by atoms with Gasteiger partial charge in [0.05, 0.1) is 0 Å². The zero-order chi connectivity index (χ0) is 20.3. The largest absolute Gasteiger partial charge is 0.489 e. The van der Waals surface area contributed by atoms with Crippen molar-refractivity contribution in [3.05, 3.63) is 66.7 Å². The zero-order valence-corrected chi connectivity index (χ0v) is 16.6. The number of carbonyl (C=O) groups excluding carboxylic acids is 1. The van der Waals surface area contributed by atoms with Crippen LogP contribution < -0.4 is 4.74 Å². The molecule has 0 aliphatic heterocycles. The fourth-order valence-corrected chi connectivity index (χ4v) is 3.32. The first-order chi connectivity index (χ1) is 13.3. The van der Waals surface area contributed by atoms with Gasteiger partial charge < -0.3 is 14.6 Å². The van der Waals surface area contributed by atoms with Crippen molar-refractivity contribution in [1.29, 1.82) is 0 Å². The summed E-state index contributed by atoms with van der Waals surface area (Å²) in [7, 11) is 0. The molecule has 3 rings (SSSR count). The predicted molar refractivity (Wildman–Crippen MR) is 113 cm³/mol. The lowest BCUT2D eigenvalue weighted by molar-refractivity contribution is -0.141. The number of hydrogen-bond donors (Lipinski definition) is 1. The molecule has 0 amide bonds. The predicted octanol–water partition coefficient (Wildman–Crippen LogP) is 4.76. The van der Waals surface area contributed by atoms with Crippen LogP contribution in [0.5, 0.6) is 5.75 Å². The Labute approximate surface area is 165 Å². The molecule has 0 aliphatic rings. The van der Waals surface area contributed by atoms with Crippen molar-refractivity contribution in [3.8, 4) is 5.75 Å². The maximum Gasteiger partial charge on any atom is 0.330 e. The second-order valence-corrected chi connectivity index (χ2v) is 7.88. The number of aliphatic hydroxyl groups is 1. The molecule has 0 saturated heterocycles. The molecule has 0 bridgehead atoms. The molecule has 28 heavy (non-hydrogen) atoms. The fourth-order valence-electron chi connectivity index (χ4n) is 3.32. The third kappa shape index (κ3) is 4.18. The van der Waals surface area contributed by atoms with Crippen LogP contribution in [0.3, 0.4) is 0 Å². The Morgan fingerprint density at radius 1 is 1.07 bits per heavy atom. The van der Waals surface area contributed by atoms with E-state index < -0.39 is 12.1 Å². The lowest BCUT2D eigenvalue weighted by atomic mass is 9.83. The lowest BCUT2D eigenvalue weighted by Crippen LogP contribution is -2.24. The van der Waals surface area contributed by atoms with Gasteiger partial charge in [-0.05, 0) is 27.8 Å². The number of esters is 1. The molecule has 146 valence electrons. The topological polar surface area (TPSA) is 55.8 Å². The van der Waals surface area contributed by atoms with E-state index in [1.165, 1.54) is 5.56 Å². The average Bonchev–Trinajstić information content (AvgIpc) is 2.67. The molecule has 0 aromatic heterocycles. The minimum atomic E-state index is -0.927. The second kappa shape index (κ2) is 8.03. The van der Waals surface area contributed by atoms with Crippen molar-refractivity contribution < 1.29 is 19.4 Å². The van der Waals surface area contributed by atoms with Crippen molar-refractivity contribution in [1.82, 2.24) is 0 Å². The number of rotatable bonds is 6. The SMILES string of the molecule is C=CC(=O)OCC(O)COc1c2ccccc2cc2c(C(C)(C)C)cccc12. The Balaban J connectivity index is 2.02. The number of fused-ring (bicyclic) bond motifs is 2. The standard InChI is InChI=1S/C24H26O4/c1-5-22(26)27-14-17(25)15-28-23-18-10-7-6-9-16(18)13-20-19(23)11-8-12-21(20)24(2,3)4/h5-13,17,25H,1,14-15H2,2-4H3.